The fraction of sp³-hybridized carbons (Fsp3) is 0.769. The van der Waals surface area contributed by atoms with Gasteiger partial charge in [0.15, 0.2) is 0 Å². The molecule has 1 aromatic carbocycles. The third kappa shape index (κ3) is 8.71. The normalized spacial score (nSPS) is 11.9. The van der Waals surface area contributed by atoms with E-state index in [-0.39, 0.29) is 5.41 Å². The molecule has 0 aliphatic rings. The second-order valence-corrected chi connectivity index (χ2v) is 9.11. The van der Waals surface area contributed by atoms with Gasteiger partial charge in [-0.15, -0.1) is 0 Å². The van der Waals surface area contributed by atoms with Crippen molar-refractivity contribution < 1.29 is 5.11 Å². The lowest BCUT2D eigenvalue weighted by Crippen LogP contribution is -2.18. The lowest BCUT2D eigenvalue weighted by Gasteiger charge is -2.27. The summed E-state index contributed by atoms with van der Waals surface area (Å²) in [5.41, 5.74) is 4.02. The Morgan fingerprint density at radius 1 is 0.667 bits per heavy atom. The zero-order chi connectivity index (χ0) is 20.1. The summed E-state index contributed by atoms with van der Waals surface area (Å²) in [7, 11) is 0. The first-order chi connectivity index (χ1) is 13.0. The van der Waals surface area contributed by atoms with E-state index in [1.165, 1.54) is 93.7 Å². The molecule has 0 spiro atoms. The summed E-state index contributed by atoms with van der Waals surface area (Å²) >= 11 is 0. The second-order valence-electron chi connectivity index (χ2n) is 9.11. The largest absolute Gasteiger partial charge is 0.507 e. The van der Waals surface area contributed by atoms with Gasteiger partial charge in [0.1, 0.15) is 5.75 Å². The smallest absolute Gasteiger partial charge is 0.121 e. The Labute approximate surface area is 170 Å². The van der Waals surface area contributed by atoms with Crippen LogP contribution in [0.4, 0.5) is 0 Å². The number of rotatable bonds is 15. The monoisotopic (exact) mass is 374 g/mol. The highest BCUT2D eigenvalue weighted by atomic mass is 16.3. The van der Waals surface area contributed by atoms with Crippen molar-refractivity contribution >= 4 is 0 Å². The van der Waals surface area contributed by atoms with Crippen molar-refractivity contribution in [2.75, 3.05) is 0 Å². The van der Waals surface area contributed by atoms with Crippen LogP contribution in [0.25, 0.3) is 0 Å². The Morgan fingerprint density at radius 2 is 1.11 bits per heavy atom. The molecule has 0 unspecified atom stereocenters. The molecule has 1 heteroatoms. The maximum Gasteiger partial charge on any atom is 0.121 e. The first-order valence-corrected chi connectivity index (χ1v) is 11.8. The maximum absolute atomic E-state index is 10.9. The summed E-state index contributed by atoms with van der Waals surface area (Å²) in [6, 6.07) is 4.64. The Hall–Kier alpha value is -0.980. The highest BCUT2D eigenvalue weighted by Gasteiger charge is 2.23. The van der Waals surface area contributed by atoms with E-state index in [0.29, 0.717) is 5.75 Å². The minimum atomic E-state index is 0.194. The molecular weight excluding hydrogens is 328 g/mol. The zero-order valence-corrected chi connectivity index (χ0v) is 19.0. The summed E-state index contributed by atoms with van der Waals surface area (Å²) in [5, 5.41) is 10.9. The first-order valence-electron chi connectivity index (χ1n) is 11.8. The fourth-order valence-electron chi connectivity index (χ4n) is 3.98. The Kier molecular flexibility index (Phi) is 11.8. The van der Waals surface area contributed by atoms with Crippen molar-refractivity contribution in [2.24, 2.45) is 0 Å². The Morgan fingerprint density at radius 3 is 1.56 bits per heavy atom. The highest BCUT2D eigenvalue weighted by molar-refractivity contribution is 5.46. The lowest BCUT2D eigenvalue weighted by molar-refractivity contribution is 0.439. The Balaban J connectivity index is 2.98. The number of benzene rings is 1. The van der Waals surface area contributed by atoms with Gasteiger partial charge in [0, 0.05) is 0 Å². The predicted octanol–water partition coefficient (Wildman–Crippen LogP) is 8.50. The van der Waals surface area contributed by atoms with E-state index in [9.17, 15) is 5.11 Å². The molecule has 0 radical (unpaired) electrons. The van der Waals surface area contributed by atoms with Crippen LogP contribution < -0.4 is 0 Å². The van der Waals surface area contributed by atoms with Crippen LogP contribution in [0.3, 0.4) is 0 Å². The number of aryl methyl sites for hydroxylation is 2. The van der Waals surface area contributed by atoms with E-state index < -0.39 is 0 Å². The minimum absolute atomic E-state index is 0.194. The average molecular weight is 375 g/mol. The molecule has 0 fully saturated rings. The standard InChI is InChI=1S/C26H46O/c1-6-9-12-14-17-22-20-24(26(4,5)19-16-11-8-3)21-23(25(22)27)18-15-13-10-7-2/h20-21,27H,6-19H2,1-5H3. The van der Waals surface area contributed by atoms with E-state index in [0.717, 1.165) is 12.8 Å². The number of phenols is 1. The summed E-state index contributed by atoms with van der Waals surface area (Å²) in [6.07, 6.45) is 17.2. The van der Waals surface area contributed by atoms with Crippen molar-refractivity contribution in [3.63, 3.8) is 0 Å². The van der Waals surface area contributed by atoms with Crippen LogP contribution in [0, 0.1) is 0 Å². The maximum atomic E-state index is 10.9. The molecule has 0 aromatic heterocycles. The SMILES string of the molecule is CCCCCCc1cc(C(C)(C)CCCCC)cc(CCCCCC)c1O. The van der Waals surface area contributed by atoms with Crippen LogP contribution >= 0.6 is 0 Å². The van der Waals surface area contributed by atoms with Crippen molar-refractivity contribution in [3.05, 3.63) is 28.8 Å². The molecule has 1 rings (SSSR count). The Bertz CT molecular complexity index is 482. The molecule has 0 atom stereocenters. The van der Waals surface area contributed by atoms with Gasteiger partial charge in [-0.3, -0.25) is 0 Å². The van der Waals surface area contributed by atoms with Crippen molar-refractivity contribution in [3.8, 4) is 5.75 Å². The van der Waals surface area contributed by atoms with Crippen LogP contribution in [0.1, 0.15) is 128 Å². The second kappa shape index (κ2) is 13.2. The number of unbranched alkanes of at least 4 members (excludes halogenated alkanes) is 8. The molecule has 1 nitrogen and oxygen atoms in total. The molecule has 0 bridgehead atoms. The zero-order valence-electron chi connectivity index (χ0n) is 19.0. The molecular formula is C26H46O. The lowest BCUT2D eigenvalue weighted by atomic mass is 9.78. The van der Waals surface area contributed by atoms with Crippen LogP contribution in [-0.4, -0.2) is 5.11 Å². The molecule has 1 N–H and O–H groups in total. The number of hydrogen-bond donors (Lipinski definition) is 1. The van der Waals surface area contributed by atoms with Crippen LogP contribution in [-0.2, 0) is 18.3 Å². The van der Waals surface area contributed by atoms with Gasteiger partial charge in [-0.25, -0.2) is 0 Å². The van der Waals surface area contributed by atoms with Crippen molar-refractivity contribution in [1.82, 2.24) is 0 Å². The van der Waals surface area contributed by atoms with E-state index in [2.05, 4.69) is 46.8 Å². The van der Waals surface area contributed by atoms with Crippen molar-refractivity contribution in [2.45, 2.75) is 130 Å². The summed E-state index contributed by atoms with van der Waals surface area (Å²) < 4.78 is 0. The summed E-state index contributed by atoms with van der Waals surface area (Å²) in [6.45, 7) is 11.6. The molecule has 0 aliphatic heterocycles. The summed E-state index contributed by atoms with van der Waals surface area (Å²) in [5.74, 6) is 0.594. The topological polar surface area (TPSA) is 20.2 Å². The van der Waals surface area contributed by atoms with Gasteiger partial charge in [0.2, 0.25) is 0 Å². The van der Waals surface area contributed by atoms with E-state index in [1.807, 2.05) is 0 Å². The van der Waals surface area contributed by atoms with Crippen molar-refractivity contribution in [1.29, 1.82) is 0 Å². The number of hydrogen-bond acceptors (Lipinski definition) is 1. The van der Waals surface area contributed by atoms with Gasteiger partial charge >= 0.3 is 0 Å². The number of aromatic hydroxyl groups is 1. The first kappa shape index (κ1) is 24.1. The van der Waals surface area contributed by atoms with Crippen LogP contribution in [0.15, 0.2) is 12.1 Å². The highest BCUT2D eigenvalue weighted by Crippen LogP contribution is 2.36. The molecule has 0 aliphatic carbocycles. The van der Waals surface area contributed by atoms with Gasteiger partial charge in [-0.2, -0.15) is 0 Å². The molecule has 0 saturated heterocycles. The van der Waals surface area contributed by atoms with Gasteiger partial charge in [-0.1, -0.05) is 105 Å². The summed E-state index contributed by atoms with van der Waals surface area (Å²) in [4.78, 5) is 0. The van der Waals surface area contributed by atoms with E-state index in [1.54, 1.807) is 0 Å². The van der Waals surface area contributed by atoms with Gasteiger partial charge in [0.25, 0.3) is 0 Å². The van der Waals surface area contributed by atoms with Crippen LogP contribution in [0.5, 0.6) is 5.75 Å². The van der Waals surface area contributed by atoms with Gasteiger partial charge < -0.3 is 5.11 Å². The minimum Gasteiger partial charge on any atom is -0.507 e. The van der Waals surface area contributed by atoms with E-state index in [4.69, 9.17) is 0 Å². The molecule has 0 amide bonds. The quantitative estimate of drug-likeness (QED) is 0.305. The number of phenolic OH excluding ortho intramolecular Hbond substituents is 1. The van der Waals surface area contributed by atoms with Gasteiger partial charge in [0.05, 0.1) is 0 Å². The third-order valence-corrected chi connectivity index (χ3v) is 6.05. The molecule has 27 heavy (non-hydrogen) atoms. The van der Waals surface area contributed by atoms with E-state index >= 15 is 0 Å². The average Bonchev–Trinajstić information content (AvgIpc) is 2.64. The van der Waals surface area contributed by atoms with Crippen LogP contribution in [0.2, 0.25) is 0 Å². The fourth-order valence-corrected chi connectivity index (χ4v) is 3.98. The molecule has 0 saturated carbocycles. The predicted molar refractivity (Wildman–Crippen MR) is 121 cm³/mol. The molecule has 156 valence electrons. The molecule has 1 aromatic rings. The van der Waals surface area contributed by atoms with Gasteiger partial charge in [-0.05, 0) is 54.2 Å². The molecule has 0 heterocycles. The third-order valence-electron chi connectivity index (χ3n) is 6.05.